The summed E-state index contributed by atoms with van der Waals surface area (Å²) in [5, 5.41) is 2.54. The van der Waals surface area contributed by atoms with Crippen molar-refractivity contribution >= 4 is 16.9 Å². The van der Waals surface area contributed by atoms with E-state index in [2.05, 4.69) is 15.3 Å². The molecule has 2 N–H and O–H groups in total. The summed E-state index contributed by atoms with van der Waals surface area (Å²) in [7, 11) is 0. The van der Waals surface area contributed by atoms with E-state index < -0.39 is 11.6 Å². The van der Waals surface area contributed by atoms with Gasteiger partial charge in [0.2, 0.25) is 5.91 Å². The monoisotopic (exact) mass is 343 g/mol. The maximum absolute atomic E-state index is 13.5. The van der Waals surface area contributed by atoms with E-state index in [-0.39, 0.29) is 42.1 Å². The number of para-hydroxylation sites is 2. The van der Waals surface area contributed by atoms with Crippen LogP contribution in [0.4, 0.5) is 8.78 Å². The molecule has 0 aliphatic heterocycles. The van der Waals surface area contributed by atoms with Crippen molar-refractivity contribution in [2.45, 2.75) is 19.4 Å². The molecule has 0 atom stereocenters. The van der Waals surface area contributed by atoms with E-state index in [1.165, 1.54) is 6.07 Å². The van der Waals surface area contributed by atoms with E-state index in [0.29, 0.717) is 11.0 Å². The molecule has 0 spiro atoms. The SMILES string of the molecule is O=C(CCc1nc2ccccc2[nH]c1=O)NCc1ccc(F)cc1F. The normalized spacial score (nSPS) is 10.8. The number of hydrogen-bond acceptors (Lipinski definition) is 3. The van der Waals surface area contributed by atoms with Crippen molar-refractivity contribution in [3.8, 4) is 0 Å². The molecule has 0 aliphatic rings. The summed E-state index contributed by atoms with van der Waals surface area (Å²) < 4.78 is 26.3. The molecule has 0 radical (unpaired) electrons. The van der Waals surface area contributed by atoms with E-state index in [1.807, 2.05) is 0 Å². The zero-order valence-corrected chi connectivity index (χ0v) is 13.2. The third-order valence-corrected chi connectivity index (χ3v) is 3.75. The highest BCUT2D eigenvalue weighted by Gasteiger charge is 2.09. The second kappa shape index (κ2) is 7.21. The Morgan fingerprint density at radius 1 is 1.16 bits per heavy atom. The van der Waals surface area contributed by atoms with Gasteiger partial charge in [-0.1, -0.05) is 18.2 Å². The lowest BCUT2D eigenvalue weighted by molar-refractivity contribution is -0.121. The summed E-state index contributed by atoms with van der Waals surface area (Å²) in [6.45, 7) is -0.0492. The number of nitrogens with one attached hydrogen (secondary N) is 2. The first kappa shape index (κ1) is 16.8. The Morgan fingerprint density at radius 3 is 2.76 bits per heavy atom. The Morgan fingerprint density at radius 2 is 1.96 bits per heavy atom. The fourth-order valence-corrected chi connectivity index (χ4v) is 2.42. The number of fused-ring (bicyclic) bond motifs is 1. The van der Waals surface area contributed by atoms with Gasteiger partial charge in [0, 0.05) is 31.0 Å². The second-order valence-electron chi connectivity index (χ2n) is 5.54. The van der Waals surface area contributed by atoms with Crippen LogP contribution in [0.5, 0.6) is 0 Å². The van der Waals surface area contributed by atoms with Gasteiger partial charge in [-0.2, -0.15) is 0 Å². The maximum atomic E-state index is 13.5. The Kier molecular flexibility index (Phi) is 4.83. The average Bonchev–Trinajstić information content (AvgIpc) is 2.59. The number of aryl methyl sites for hydroxylation is 1. The predicted octanol–water partition coefficient (Wildman–Crippen LogP) is 2.45. The van der Waals surface area contributed by atoms with E-state index >= 15 is 0 Å². The van der Waals surface area contributed by atoms with Crippen molar-refractivity contribution in [2.24, 2.45) is 0 Å². The number of halogens is 2. The van der Waals surface area contributed by atoms with Gasteiger partial charge in [0.05, 0.1) is 11.0 Å². The molecule has 1 heterocycles. The summed E-state index contributed by atoms with van der Waals surface area (Å²) in [5.74, 6) is -1.74. The van der Waals surface area contributed by atoms with Crippen LogP contribution in [0.1, 0.15) is 17.7 Å². The minimum absolute atomic E-state index is 0.0389. The number of carbonyl (C=O) groups excluding carboxylic acids is 1. The molecule has 0 saturated carbocycles. The third-order valence-electron chi connectivity index (χ3n) is 3.75. The smallest absolute Gasteiger partial charge is 0.270 e. The Bertz CT molecular complexity index is 985. The van der Waals surface area contributed by atoms with Crippen molar-refractivity contribution in [2.75, 3.05) is 0 Å². The molecule has 25 heavy (non-hydrogen) atoms. The molecule has 0 unspecified atom stereocenters. The fraction of sp³-hybridized carbons (Fsp3) is 0.167. The molecule has 7 heteroatoms. The molecule has 1 amide bonds. The Hall–Kier alpha value is -3.09. The predicted molar refractivity (Wildman–Crippen MR) is 88.9 cm³/mol. The molecule has 3 rings (SSSR count). The standard InChI is InChI=1S/C18H15F2N3O2/c19-12-6-5-11(13(20)9-12)10-21-17(24)8-7-16-18(25)23-15-4-2-1-3-14(15)22-16/h1-6,9H,7-8,10H2,(H,21,24)(H,23,25). The lowest BCUT2D eigenvalue weighted by Gasteiger charge is -2.07. The largest absolute Gasteiger partial charge is 0.352 e. The number of aromatic nitrogens is 2. The zero-order valence-electron chi connectivity index (χ0n) is 13.2. The molecule has 1 aromatic heterocycles. The first-order chi connectivity index (χ1) is 12.0. The van der Waals surface area contributed by atoms with Crippen molar-refractivity contribution < 1.29 is 13.6 Å². The first-order valence-corrected chi connectivity index (χ1v) is 7.71. The number of nitrogens with zero attached hydrogens (tertiary/aromatic N) is 1. The molecule has 0 bridgehead atoms. The van der Waals surface area contributed by atoms with E-state index in [1.54, 1.807) is 24.3 Å². The van der Waals surface area contributed by atoms with E-state index in [0.717, 1.165) is 12.1 Å². The van der Waals surface area contributed by atoms with Crippen LogP contribution in [-0.4, -0.2) is 15.9 Å². The number of H-pyrrole nitrogens is 1. The lowest BCUT2D eigenvalue weighted by Crippen LogP contribution is -2.25. The number of benzene rings is 2. The first-order valence-electron chi connectivity index (χ1n) is 7.71. The topological polar surface area (TPSA) is 74.8 Å². The van der Waals surface area contributed by atoms with Crippen LogP contribution in [0, 0.1) is 11.6 Å². The highest BCUT2D eigenvalue weighted by atomic mass is 19.1. The van der Waals surface area contributed by atoms with Crippen molar-refractivity contribution in [1.29, 1.82) is 0 Å². The van der Waals surface area contributed by atoms with Gasteiger partial charge in [-0.15, -0.1) is 0 Å². The molecule has 128 valence electrons. The van der Waals surface area contributed by atoms with Gasteiger partial charge < -0.3 is 10.3 Å². The second-order valence-corrected chi connectivity index (χ2v) is 5.54. The van der Waals surface area contributed by atoms with Crippen LogP contribution in [0.2, 0.25) is 0 Å². The zero-order chi connectivity index (χ0) is 17.8. The number of aromatic amines is 1. The summed E-state index contributed by atoms with van der Waals surface area (Å²) >= 11 is 0. The van der Waals surface area contributed by atoms with Crippen LogP contribution in [-0.2, 0) is 17.8 Å². The summed E-state index contributed by atoms with van der Waals surface area (Å²) in [4.78, 5) is 30.8. The van der Waals surface area contributed by atoms with Gasteiger partial charge in [0.1, 0.15) is 17.3 Å². The highest BCUT2D eigenvalue weighted by molar-refractivity contribution is 5.76. The van der Waals surface area contributed by atoms with Gasteiger partial charge in [-0.05, 0) is 18.2 Å². The van der Waals surface area contributed by atoms with Crippen LogP contribution in [0.15, 0.2) is 47.3 Å². The van der Waals surface area contributed by atoms with Gasteiger partial charge in [0.25, 0.3) is 5.56 Å². The quantitative estimate of drug-likeness (QED) is 0.747. The molecular weight excluding hydrogens is 328 g/mol. The summed E-state index contributed by atoms with van der Waals surface area (Å²) in [6.07, 6.45) is 0.204. The van der Waals surface area contributed by atoms with Crippen LogP contribution < -0.4 is 10.9 Å². The minimum Gasteiger partial charge on any atom is -0.352 e. The van der Waals surface area contributed by atoms with Crippen LogP contribution in [0.25, 0.3) is 11.0 Å². The molecular formula is C18H15F2N3O2. The van der Waals surface area contributed by atoms with Crippen LogP contribution >= 0.6 is 0 Å². The number of carbonyl (C=O) groups is 1. The Balaban J connectivity index is 1.60. The molecule has 2 aromatic carbocycles. The molecule has 0 aliphatic carbocycles. The van der Waals surface area contributed by atoms with Crippen molar-refractivity contribution in [1.82, 2.24) is 15.3 Å². The number of amides is 1. The Labute approximate surface area is 141 Å². The van der Waals surface area contributed by atoms with Gasteiger partial charge in [0.15, 0.2) is 0 Å². The molecule has 3 aromatic rings. The van der Waals surface area contributed by atoms with E-state index in [4.69, 9.17) is 0 Å². The van der Waals surface area contributed by atoms with Crippen molar-refractivity contribution in [3.05, 3.63) is 75.7 Å². The van der Waals surface area contributed by atoms with E-state index in [9.17, 15) is 18.4 Å². The third kappa shape index (κ3) is 4.06. The van der Waals surface area contributed by atoms with Crippen molar-refractivity contribution in [3.63, 3.8) is 0 Å². The molecule has 0 saturated heterocycles. The van der Waals surface area contributed by atoms with Crippen LogP contribution in [0.3, 0.4) is 0 Å². The highest BCUT2D eigenvalue weighted by Crippen LogP contribution is 2.09. The molecule has 5 nitrogen and oxygen atoms in total. The van der Waals surface area contributed by atoms with Gasteiger partial charge >= 0.3 is 0 Å². The summed E-state index contributed by atoms with van der Waals surface area (Å²) in [5.41, 5.74) is 1.40. The minimum atomic E-state index is -0.715. The average molecular weight is 343 g/mol. The van der Waals surface area contributed by atoms with Gasteiger partial charge in [-0.25, -0.2) is 13.8 Å². The lowest BCUT2D eigenvalue weighted by atomic mass is 10.2. The van der Waals surface area contributed by atoms with Gasteiger partial charge in [-0.3, -0.25) is 9.59 Å². The fourth-order valence-electron chi connectivity index (χ4n) is 2.42. The summed E-state index contributed by atoms with van der Waals surface area (Å²) in [6, 6.07) is 10.3. The number of hydrogen-bond donors (Lipinski definition) is 2. The maximum Gasteiger partial charge on any atom is 0.270 e. The number of rotatable bonds is 5. The molecule has 0 fully saturated rings.